The molecule has 1 aliphatic rings. The highest BCUT2D eigenvalue weighted by atomic mass is 79.9. The lowest BCUT2D eigenvalue weighted by molar-refractivity contribution is 0.0719. The van der Waals surface area contributed by atoms with Gasteiger partial charge in [0.05, 0.1) is 29.1 Å². The summed E-state index contributed by atoms with van der Waals surface area (Å²) >= 11 is 9.91. The maximum absolute atomic E-state index is 13.5. The van der Waals surface area contributed by atoms with E-state index < -0.39 is 0 Å². The first-order valence-electron chi connectivity index (χ1n) is 13.9. The molecule has 0 unspecified atom stereocenters. The molecule has 1 aromatic heterocycles. The van der Waals surface area contributed by atoms with Crippen LogP contribution in [0.25, 0.3) is 22.3 Å². The Kier molecular flexibility index (Phi) is 10.2. The van der Waals surface area contributed by atoms with E-state index in [1.807, 2.05) is 42.5 Å². The van der Waals surface area contributed by atoms with Crippen molar-refractivity contribution in [2.24, 2.45) is 0 Å². The predicted octanol–water partition coefficient (Wildman–Crippen LogP) is 5.94. The van der Waals surface area contributed by atoms with Gasteiger partial charge in [-0.3, -0.25) is 9.69 Å². The lowest BCUT2D eigenvalue weighted by atomic mass is 10.1. The molecule has 1 amide bonds. The second-order valence-corrected chi connectivity index (χ2v) is 11.4. The summed E-state index contributed by atoms with van der Waals surface area (Å²) in [6, 6.07) is 18.6. The highest BCUT2D eigenvalue weighted by molar-refractivity contribution is 9.10. The van der Waals surface area contributed by atoms with Crippen molar-refractivity contribution < 1.29 is 23.4 Å². The van der Waals surface area contributed by atoms with Crippen LogP contribution < -0.4 is 20.2 Å². The molecule has 3 aromatic carbocycles. The number of fused-ring (bicyclic) bond motifs is 1. The summed E-state index contributed by atoms with van der Waals surface area (Å²) in [7, 11) is 2.98. The number of carbonyl (C=O) groups excluding carboxylic acids is 1. The number of halogens is 2. The fourth-order valence-corrected chi connectivity index (χ4v) is 5.86. The Morgan fingerprint density at radius 3 is 2.47 bits per heavy atom. The molecule has 0 aliphatic carbocycles. The molecule has 1 N–H and O–H groups in total. The Hall–Kier alpha value is -3.57. The fourth-order valence-electron chi connectivity index (χ4n) is 5.02. The van der Waals surface area contributed by atoms with Crippen LogP contribution in [0.4, 0.5) is 4.79 Å². The molecular formula is C32H33BrClN3O6. The van der Waals surface area contributed by atoms with E-state index in [4.69, 9.17) is 30.2 Å². The number of amides is 1. The smallest absolute Gasteiger partial charge is 0.410 e. The number of nitrogens with one attached hydrogen (secondary N) is 1. The molecule has 0 saturated carbocycles. The van der Waals surface area contributed by atoms with Crippen LogP contribution in [0.15, 0.2) is 74.3 Å². The Bertz CT molecular complexity index is 1640. The molecule has 226 valence electrons. The third kappa shape index (κ3) is 7.33. The average molecular weight is 671 g/mol. The average Bonchev–Trinajstić information content (AvgIpc) is 3.03. The fraction of sp³-hybridized carbons (Fsp3) is 0.312. The number of ether oxygens (including phenoxy) is 3. The number of rotatable bonds is 10. The summed E-state index contributed by atoms with van der Waals surface area (Å²) in [4.78, 5) is 30.0. The minimum Gasteiger partial charge on any atom is -0.495 e. The number of methoxy groups -OCH3 is 2. The quantitative estimate of drug-likeness (QED) is 0.208. The third-order valence-corrected chi connectivity index (χ3v) is 8.24. The summed E-state index contributed by atoms with van der Waals surface area (Å²) in [6.07, 6.45) is -0.274. The Morgan fingerprint density at radius 1 is 1.00 bits per heavy atom. The van der Waals surface area contributed by atoms with Gasteiger partial charge in [-0.15, -0.1) is 0 Å². The molecule has 1 aliphatic heterocycles. The van der Waals surface area contributed by atoms with Gasteiger partial charge in [0.15, 0.2) is 11.3 Å². The summed E-state index contributed by atoms with van der Waals surface area (Å²) in [5.41, 5.74) is 2.66. The van der Waals surface area contributed by atoms with E-state index in [2.05, 4.69) is 26.1 Å². The highest BCUT2D eigenvalue weighted by Crippen LogP contribution is 2.37. The van der Waals surface area contributed by atoms with Crippen LogP contribution in [0, 0.1) is 0 Å². The van der Waals surface area contributed by atoms with Gasteiger partial charge in [-0.1, -0.05) is 41.9 Å². The van der Waals surface area contributed by atoms with Gasteiger partial charge in [-0.05, 0) is 57.4 Å². The van der Waals surface area contributed by atoms with E-state index in [-0.39, 0.29) is 23.9 Å². The minimum atomic E-state index is -0.274. The first-order chi connectivity index (χ1) is 20.9. The number of hydrogen-bond acceptors (Lipinski definition) is 8. The standard InChI is InChI=1S/C32H33BrClN3O6/c1-40-27-9-8-23(18-26(27)34)29-31(41-2)28(38)24-16-22(17-25(33)30(24)43-29)19-35-10-11-36-12-14-37(15-13-36)32(39)42-20-21-6-4-3-5-7-21/h3-9,16-18,35H,10-15,19-20H2,1-2H3. The number of nitrogens with zero attached hydrogens (tertiary/aromatic N) is 2. The normalized spacial score (nSPS) is 13.7. The van der Waals surface area contributed by atoms with Crippen molar-refractivity contribution in [2.45, 2.75) is 13.2 Å². The first-order valence-corrected chi connectivity index (χ1v) is 15.1. The van der Waals surface area contributed by atoms with Gasteiger partial charge in [-0.25, -0.2) is 4.79 Å². The monoisotopic (exact) mass is 669 g/mol. The molecule has 1 saturated heterocycles. The van der Waals surface area contributed by atoms with Crippen molar-refractivity contribution in [3.8, 4) is 22.8 Å². The van der Waals surface area contributed by atoms with Gasteiger partial charge in [0.1, 0.15) is 12.4 Å². The number of carbonyl (C=O) groups is 1. The van der Waals surface area contributed by atoms with Crippen LogP contribution in [0.5, 0.6) is 11.5 Å². The Morgan fingerprint density at radius 2 is 1.77 bits per heavy atom. The van der Waals surface area contributed by atoms with Gasteiger partial charge in [0, 0.05) is 51.4 Å². The zero-order chi connectivity index (χ0) is 30.3. The van der Waals surface area contributed by atoms with Crippen molar-refractivity contribution in [3.05, 3.63) is 91.5 Å². The summed E-state index contributed by atoms with van der Waals surface area (Å²) in [6.45, 7) is 5.27. The number of piperazine rings is 1. The second-order valence-electron chi connectivity index (χ2n) is 10.1. The molecule has 43 heavy (non-hydrogen) atoms. The molecule has 0 atom stereocenters. The van der Waals surface area contributed by atoms with Crippen LogP contribution in [0.1, 0.15) is 11.1 Å². The maximum Gasteiger partial charge on any atom is 0.410 e. The van der Waals surface area contributed by atoms with E-state index in [1.54, 1.807) is 23.1 Å². The lowest BCUT2D eigenvalue weighted by Gasteiger charge is -2.34. The minimum absolute atomic E-state index is 0.105. The SMILES string of the molecule is COc1ccc(-c2oc3c(Br)cc(CNCCN4CCN(C(=O)OCc5ccccc5)CC4)cc3c(=O)c2OC)cc1Cl. The first kappa shape index (κ1) is 30.9. The van der Waals surface area contributed by atoms with E-state index in [9.17, 15) is 9.59 Å². The van der Waals surface area contributed by atoms with Gasteiger partial charge in [0.2, 0.25) is 11.2 Å². The lowest BCUT2D eigenvalue weighted by Crippen LogP contribution is -2.50. The van der Waals surface area contributed by atoms with Crippen molar-refractivity contribution in [1.82, 2.24) is 15.1 Å². The van der Waals surface area contributed by atoms with Gasteiger partial charge in [-0.2, -0.15) is 0 Å². The molecule has 2 heterocycles. The number of benzene rings is 3. The third-order valence-electron chi connectivity index (χ3n) is 7.35. The molecule has 0 spiro atoms. The number of hydrogen-bond donors (Lipinski definition) is 1. The summed E-state index contributed by atoms with van der Waals surface area (Å²) < 4.78 is 23.0. The molecule has 5 rings (SSSR count). The molecule has 0 radical (unpaired) electrons. The van der Waals surface area contributed by atoms with E-state index in [1.165, 1.54) is 14.2 Å². The highest BCUT2D eigenvalue weighted by Gasteiger charge is 2.22. The molecular weight excluding hydrogens is 638 g/mol. The van der Waals surface area contributed by atoms with Gasteiger partial charge >= 0.3 is 6.09 Å². The van der Waals surface area contributed by atoms with E-state index in [0.29, 0.717) is 57.2 Å². The Balaban J connectivity index is 1.16. The largest absolute Gasteiger partial charge is 0.495 e. The maximum atomic E-state index is 13.5. The van der Waals surface area contributed by atoms with Crippen LogP contribution in [0.2, 0.25) is 5.02 Å². The Labute approximate surface area is 263 Å². The van der Waals surface area contributed by atoms with Crippen LogP contribution in [0.3, 0.4) is 0 Å². The van der Waals surface area contributed by atoms with Crippen molar-refractivity contribution in [3.63, 3.8) is 0 Å². The zero-order valence-electron chi connectivity index (χ0n) is 24.0. The van der Waals surface area contributed by atoms with Crippen molar-refractivity contribution in [1.29, 1.82) is 0 Å². The zero-order valence-corrected chi connectivity index (χ0v) is 26.4. The van der Waals surface area contributed by atoms with Crippen molar-refractivity contribution in [2.75, 3.05) is 53.5 Å². The topological polar surface area (TPSA) is 93.5 Å². The van der Waals surface area contributed by atoms with Crippen LogP contribution >= 0.6 is 27.5 Å². The summed E-state index contributed by atoms with van der Waals surface area (Å²) in [5, 5.41) is 4.27. The van der Waals surface area contributed by atoms with E-state index >= 15 is 0 Å². The predicted molar refractivity (Wildman–Crippen MR) is 170 cm³/mol. The van der Waals surface area contributed by atoms with E-state index in [0.717, 1.165) is 37.3 Å². The molecule has 1 fully saturated rings. The molecule has 11 heteroatoms. The van der Waals surface area contributed by atoms with Crippen LogP contribution in [-0.2, 0) is 17.9 Å². The second kappa shape index (κ2) is 14.3. The van der Waals surface area contributed by atoms with Crippen molar-refractivity contribution >= 4 is 44.6 Å². The molecule has 0 bridgehead atoms. The summed E-state index contributed by atoms with van der Waals surface area (Å²) in [5.74, 6) is 0.918. The van der Waals surface area contributed by atoms with Gasteiger partial charge < -0.3 is 28.8 Å². The van der Waals surface area contributed by atoms with Crippen LogP contribution in [-0.4, -0.2) is 69.4 Å². The van der Waals surface area contributed by atoms with Gasteiger partial charge in [0.25, 0.3) is 0 Å². The molecule has 9 nitrogen and oxygen atoms in total. The molecule has 4 aromatic rings.